The molecule has 0 aromatic rings. The van der Waals surface area contributed by atoms with E-state index in [1.165, 1.54) is 0 Å². The van der Waals surface area contributed by atoms with Crippen LogP contribution in [0.3, 0.4) is 0 Å². The first kappa shape index (κ1) is 69.4. The van der Waals surface area contributed by atoms with E-state index in [-0.39, 0.29) is 11.8 Å². The maximum atomic E-state index is 13.4. The van der Waals surface area contributed by atoms with Gasteiger partial charge in [0, 0.05) is 66.6 Å². The molecule has 0 aromatic carbocycles. The zero-order chi connectivity index (χ0) is 51.3. The Balaban J connectivity index is 4.97. The molecule has 0 aliphatic rings. The van der Waals surface area contributed by atoms with E-state index in [2.05, 4.69) is 13.8 Å². The Hall–Kier alpha value is -0.616. The quantitative estimate of drug-likeness (QED) is 0.0477. The lowest BCUT2D eigenvalue weighted by atomic mass is 9.88. The predicted molar refractivity (Wildman–Crippen MR) is 272 cm³/mol. The van der Waals surface area contributed by atoms with E-state index in [0.717, 1.165) is 77.0 Å². The summed E-state index contributed by atoms with van der Waals surface area (Å²) in [5, 5.41) is 0. The molecular formula is C49H102O19Si2. The van der Waals surface area contributed by atoms with Crippen molar-refractivity contribution >= 4 is 23.4 Å². The molecule has 0 radical (unpaired) electrons. The van der Waals surface area contributed by atoms with Crippen molar-refractivity contribution in [2.75, 3.05) is 201 Å². The van der Waals surface area contributed by atoms with Crippen LogP contribution in [0.4, 0.5) is 0 Å². The topological polar surface area (TPSA) is 183 Å². The van der Waals surface area contributed by atoms with Crippen LogP contribution in [0.25, 0.3) is 0 Å². The lowest BCUT2D eigenvalue weighted by Crippen LogP contribution is -2.48. The molecule has 0 rings (SSSR count). The number of ketones is 1. The molecule has 2 atom stereocenters. The summed E-state index contributed by atoms with van der Waals surface area (Å²) in [6.07, 6.45) is 11.9. The van der Waals surface area contributed by atoms with Gasteiger partial charge in [-0.1, -0.05) is 65.2 Å². The van der Waals surface area contributed by atoms with Crippen LogP contribution in [-0.4, -0.2) is 225 Å². The minimum atomic E-state index is -3.08. The molecule has 19 nitrogen and oxygen atoms in total. The maximum Gasteiger partial charge on any atom is 0.501 e. The number of ether oxygens (including phenoxy) is 12. The molecule has 0 aliphatic heterocycles. The van der Waals surface area contributed by atoms with Gasteiger partial charge >= 0.3 is 17.6 Å². The summed E-state index contributed by atoms with van der Waals surface area (Å²) in [5.41, 5.74) is 0. The van der Waals surface area contributed by atoms with Gasteiger partial charge in [-0.3, -0.25) is 4.79 Å². The summed E-state index contributed by atoms with van der Waals surface area (Å²) in [7, 11) is 3.72. The van der Waals surface area contributed by atoms with Gasteiger partial charge in [0.1, 0.15) is 5.78 Å². The molecule has 0 saturated carbocycles. The van der Waals surface area contributed by atoms with Gasteiger partial charge in [-0.15, -0.1) is 0 Å². The van der Waals surface area contributed by atoms with Crippen LogP contribution < -0.4 is 0 Å². The summed E-state index contributed by atoms with van der Waals surface area (Å²) in [5.74, 6) is 0.470. The molecule has 70 heavy (non-hydrogen) atoms. The van der Waals surface area contributed by atoms with Gasteiger partial charge < -0.3 is 83.4 Å². The molecule has 2 unspecified atom stereocenters. The second-order valence-corrected chi connectivity index (χ2v) is 22.4. The molecule has 0 heterocycles. The second-order valence-electron chi connectivity index (χ2n) is 16.9. The zero-order valence-corrected chi connectivity index (χ0v) is 47.3. The third-order valence-electron chi connectivity index (χ3n) is 11.1. The van der Waals surface area contributed by atoms with E-state index in [4.69, 9.17) is 83.4 Å². The average molecular weight is 1050 g/mol. The number of hydrogen-bond donors (Lipinski definition) is 0. The number of carbonyl (C=O) groups is 1. The summed E-state index contributed by atoms with van der Waals surface area (Å²) >= 11 is 0. The highest BCUT2D eigenvalue weighted by molar-refractivity contribution is 6.61. The summed E-state index contributed by atoms with van der Waals surface area (Å²) in [4.78, 5) is 13.4. The van der Waals surface area contributed by atoms with Crippen molar-refractivity contribution in [3.63, 3.8) is 0 Å². The van der Waals surface area contributed by atoms with Gasteiger partial charge in [0.2, 0.25) is 0 Å². The molecular weight excluding hydrogens is 949 g/mol. The molecule has 420 valence electrons. The van der Waals surface area contributed by atoms with E-state index >= 15 is 0 Å². The molecule has 0 bridgehead atoms. The second kappa shape index (κ2) is 53.2. The first-order chi connectivity index (χ1) is 34.3. The highest BCUT2D eigenvalue weighted by atomic mass is 28.4. The monoisotopic (exact) mass is 1050 g/mol. The summed E-state index contributed by atoms with van der Waals surface area (Å²) < 4.78 is 103. The molecule has 0 fully saturated rings. The number of carbonyl (C=O) groups excluding carboxylic acids is 1. The number of unbranched alkanes of at least 4 members (excludes halogenated alkanes) is 8. The Morgan fingerprint density at radius 2 is 0.486 bits per heavy atom. The van der Waals surface area contributed by atoms with Crippen molar-refractivity contribution in [2.45, 2.75) is 103 Å². The smallest absolute Gasteiger partial charge is 0.382 e. The van der Waals surface area contributed by atoms with Crippen molar-refractivity contribution in [2.24, 2.45) is 11.8 Å². The van der Waals surface area contributed by atoms with Crippen molar-refractivity contribution in [3.05, 3.63) is 0 Å². The minimum absolute atomic E-state index is 0.0489. The Morgan fingerprint density at radius 1 is 0.286 bits per heavy atom. The largest absolute Gasteiger partial charge is 0.501 e. The zero-order valence-electron chi connectivity index (χ0n) is 45.3. The van der Waals surface area contributed by atoms with Crippen LogP contribution in [0.1, 0.15) is 90.9 Å². The standard InChI is InChI=1S/C49H102O19Si2/c1-47(19-15-11-9-13-17-45-69(63-39-33-57-27-21-51-3,64-40-34-58-28-22-52-4)65-41-35-59-29-23-53-5)49(50)48(2)20-16-12-10-14-18-46-70(66-42-36-60-30-24-54-6,67-43-37-61-31-25-55-7)68-44-38-62-32-26-56-8/h47-48H,9-46H2,1-8H3. The predicted octanol–water partition coefficient (Wildman–Crippen LogP) is 6.46. The highest BCUT2D eigenvalue weighted by Gasteiger charge is 2.42. The Bertz CT molecular complexity index is 915. The van der Waals surface area contributed by atoms with Crippen molar-refractivity contribution in [1.82, 2.24) is 0 Å². The first-order valence-corrected chi connectivity index (χ1v) is 29.9. The first-order valence-electron chi connectivity index (χ1n) is 26.1. The fourth-order valence-electron chi connectivity index (χ4n) is 7.10. The Morgan fingerprint density at radius 3 is 0.714 bits per heavy atom. The molecule has 0 aromatic heterocycles. The van der Waals surface area contributed by atoms with Gasteiger partial charge in [0.15, 0.2) is 0 Å². The van der Waals surface area contributed by atoms with Crippen LogP contribution in [0.2, 0.25) is 12.1 Å². The SMILES string of the molecule is COCCOCCO[Si](CCCCCCCC(C)C(=O)C(C)CCCCCCC[Si](OCCOCCOC)(OCCOCCOC)OCCOCCOC)(OCCOCCOC)OCCOCCOC. The van der Waals surface area contributed by atoms with E-state index < -0.39 is 17.6 Å². The van der Waals surface area contributed by atoms with Crippen molar-refractivity contribution < 1.29 is 88.2 Å². The molecule has 0 amide bonds. The molecule has 0 saturated heterocycles. The summed E-state index contributed by atoms with van der Waals surface area (Å²) in [6, 6.07) is 1.36. The Kier molecular flexibility index (Phi) is 52.7. The van der Waals surface area contributed by atoms with Crippen molar-refractivity contribution in [1.29, 1.82) is 0 Å². The van der Waals surface area contributed by atoms with Crippen LogP contribution in [0.5, 0.6) is 0 Å². The fourth-order valence-corrected chi connectivity index (χ4v) is 12.2. The number of rotatable bonds is 60. The van der Waals surface area contributed by atoms with Crippen LogP contribution in [0.15, 0.2) is 0 Å². The number of Topliss-reactive ketones (excluding diaryl/α,β-unsaturated/α-hetero) is 1. The Labute approximate surface area is 426 Å². The van der Waals surface area contributed by atoms with Gasteiger partial charge in [0.25, 0.3) is 0 Å². The van der Waals surface area contributed by atoms with Crippen LogP contribution >= 0.6 is 0 Å². The lowest BCUT2D eigenvalue weighted by Gasteiger charge is -2.30. The van der Waals surface area contributed by atoms with E-state index in [1.807, 2.05) is 0 Å². The molecule has 0 N–H and O–H groups in total. The van der Waals surface area contributed by atoms with Crippen molar-refractivity contribution in [3.8, 4) is 0 Å². The fraction of sp³-hybridized carbons (Fsp3) is 0.980. The highest BCUT2D eigenvalue weighted by Crippen LogP contribution is 2.25. The van der Waals surface area contributed by atoms with Gasteiger partial charge in [0.05, 0.1) is 159 Å². The van der Waals surface area contributed by atoms with Crippen LogP contribution in [0, 0.1) is 11.8 Å². The third-order valence-corrected chi connectivity index (χ3v) is 16.9. The van der Waals surface area contributed by atoms with E-state index in [9.17, 15) is 4.79 Å². The number of hydrogen-bond acceptors (Lipinski definition) is 19. The van der Waals surface area contributed by atoms with Gasteiger partial charge in [-0.05, 0) is 25.7 Å². The van der Waals surface area contributed by atoms with E-state index in [1.54, 1.807) is 42.7 Å². The lowest BCUT2D eigenvalue weighted by molar-refractivity contribution is -0.126. The van der Waals surface area contributed by atoms with E-state index in [0.29, 0.717) is 176 Å². The van der Waals surface area contributed by atoms with Crippen LogP contribution in [-0.2, 0) is 88.2 Å². The normalized spacial score (nSPS) is 13.1. The van der Waals surface area contributed by atoms with Gasteiger partial charge in [-0.2, -0.15) is 0 Å². The average Bonchev–Trinajstić information content (AvgIpc) is 3.36. The third kappa shape index (κ3) is 42.7. The number of methoxy groups -OCH3 is 6. The molecule has 0 spiro atoms. The maximum absolute atomic E-state index is 13.4. The van der Waals surface area contributed by atoms with Gasteiger partial charge in [-0.25, -0.2) is 0 Å². The molecule has 0 aliphatic carbocycles. The summed E-state index contributed by atoms with van der Waals surface area (Å²) in [6.45, 7) is 14.8. The molecule has 21 heteroatoms. The minimum Gasteiger partial charge on any atom is -0.382 e.